The first-order valence-electron chi connectivity index (χ1n) is 8.67. The summed E-state index contributed by atoms with van der Waals surface area (Å²) in [6, 6.07) is 13.6. The van der Waals surface area contributed by atoms with E-state index < -0.39 is 11.2 Å². The van der Waals surface area contributed by atoms with Crippen LogP contribution < -0.4 is 16.6 Å². The van der Waals surface area contributed by atoms with Gasteiger partial charge in [0, 0.05) is 18.2 Å². The second kappa shape index (κ2) is 7.59. The van der Waals surface area contributed by atoms with Crippen LogP contribution in [0.4, 0.5) is 0 Å². The van der Waals surface area contributed by atoms with E-state index in [0.717, 1.165) is 4.57 Å². The molecule has 140 valence electrons. The van der Waals surface area contributed by atoms with E-state index in [2.05, 4.69) is 10.3 Å². The molecule has 0 saturated carbocycles. The molecule has 0 saturated heterocycles. The topological polar surface area (TPSA) is 87.2 Å². The van der Waals surface area contributed by atoms with Crippen molar-refractivity contribution in [2.24, 2.45) is 0 Å². The van der Waals surface area contributed by atoms with E-state index in [9.17, 15) is 14.4 Å². The zero-order chi connectivity index (χ0) is 19.6. The van der Waals surface area contributed by atoms with Crippen molar-refractivity contribution in [1.29, 1.82) is 0 Å². The molecule has 1 atom stereocenters. The number of nitrogens with one attached hydrogen (secondary N) is 2. The quantitative estimate of drug-likeness (QED) is 0.714. The van der Waals surface area contributed by atoms with Crippen molar-refractivity contribution in [2.75, 3.05) is 20.6 Å². The Morgan fingerprint density at radius 2 is 1.85 bits per heavy atom. The smallest absolute Gasteiger partial charge is 0.333 e. The van der Waals surface area contributed by atoms with Gasteiger partial charge < -0.3 is 15.2 Å². The van der Waals surface area contributed by atoms with Gasteiger partial charge in [-0.1, -0.05) is 18.2 Å². The lowest BCUT2D eigenvalue weighted by Gasteiger charge is -2.20. The SMILES string of the molecule is CC(CNC(=O)c1ccc2c(=O)n(-c3ccccc3)c(=O)[nH]c2c1)N(C)C. The van der Waals surface area contributed by atoms with Gasteiger partial charge in [0.2, 0.25) is 0 Å². The van der Waals surface area contributed by atoms with E-state index in [0.29, 0.717) is 28.7 Å². The summed E-state index contributed by atoms with van der Waals surface area (Å²) < 4.78 is 1.08. The molecule has 0 bridgehead atoms. The lowest BCUT2D eigenvalue weighted by Crippen LogP contribution is -2.38. The molecule has 2 aromatic carbocycles. The summed E-state index contributed by atoms with van der Waals surface area (Å²) in [5.41, 5.74) is 0.252. The Morgan fingerprint density at radius 1 is 1.15 bits per heavy atom. The Labute approximate surface area is 156 Å². The molecule has 0 fully saturated rings. The Morgan fingerprint density at radius 3 is 2.52 bits per heavy atom. The van der Waals surface area contributed by atoms with Crippen molar-refractivity contribution in [3.05, 3.63) is 74.9 Å². The number of rotatable bonds is 5. The summed E-state index contributed by atoms with van der Waals surface area (Å²) in [6.07, 6.45) is 0. The summed E-state index contributed by atoms with van der Waals surface area (Å²) in [4.78, 5) is 42.3. The van der Waals surface area contributed by atoms with Crippen LogP contribution in [0.15, 0.2) is 58.1 Å². The van der Waals surface area contributed by atoms with Crippen LogP contribution in [0.3, 0.4) is 0 Å². The zero-order valence-corrected chi connectivity index (χ0v) is 15.5. The van der Waals surface area contributed by atoms with Crippen molar-refractivity contribution in [3.63, 3.8) is 0 Å². The summed E-state index contributed by atoms with van der Waals surface area (Å²) in [5.74, 6) is -0.251. The third kappa shape index (κ3) is 3.83. The van der Waals surface area contributed by atoms with E-state index in [-0.39, 0.29) is 11.9 Å². The monoisotopic (exact) mass is 366 g/mol. The number of fused-ring (bicyclic) bond motifs is 1. The molecule has 0 radical (unpaired) electrons. The molecule has 0 aliphatic rings. The molecule has 3 rings (SSSR count). The zero-order valence-electron chi connectivity index (χ0n) is 15.5. The lowest BCUT2D eigenvalue weighted by molar-refractivity contribution is 0.0944. The number of hydrogen-bond donors (Lipinski definition) is 2. The van der Waals surface area contributed by atoms with Crippen LogP contribution in [0.1, 0.15) is 17.3 Å². The maximum atomic E-state index is 12.8. The van der Waals surface area contributed by atoms with Gasteiger partial charge in [0.05, 0.1) is 16.6 Å². The predicted octanol–water partition coefficient (Wildman–Crippen LogP) is 1.36. The number of amides is 1. The summed E-state index contributed by atoms with van der Waals surface area (Å²) in [6.45, 7) is 2.50. The first-order valence-corrected chi connectivity index (χ1v) is 8.67. The van der Waals surface area contributed by atoms with Crippen LogP contribution in [0.5, 0.6) is 0 Å². The third-order valence-corrected chi connectivity index (χ3v) is 4.61. The molecule has 0 aliphatic carbocycles. The third-order valence-electron chi connectivity index (χ3n) is 4.61. The first kappa shape index (κ1) is 18.6. The Kier molecular flexibility index (Phi) is 5.23. The average Bonchev–Trinajstić information content (AvgIpc) is 2.66. The molecule has 27 heavy (non-hydrogen) atoms. The number of aromatic amines is 1. The number of likely N-dealkylation sites (N-methyl/N-ethyl adjacent to an activating group) is 1. The van der Waals surface area contributed by atoms with Crippen LogP contribution in [0.25, 0.3) is 16.6 Å². The molecule has 1 aromatic heterocycles. The van der Waals surface area contributed by atoms with Crippen molar-refractivity contribution in [3.8, 4) is 5.69 Å². The molecule has 7 heteroatoms. The highest BCUT2D eigenvalue weighted by Gasteiger charge is 2.13. The highest BCUT2D eigenvalue weighted by atomic mass is 16.2. The Balaban J connectivity index is 1.97. The molecular weight excluding hydrogens is 344 g/mol. The van der Waals surface area contributed by atoms with Crippen molar-refractivity contribution in [1.82, 2.24) is 19.8 Å². The highest BCUT2D eigenvalue weighted by Crippen LogP contribution is 2.11. The lowest BCUT2D eigenvalue weighted by atomic mass is 10.1. The number of carbonyl (C=O) groups is 1. The van der Waals surface area contributed by atoms with Gasteiger partial charge in [0.25, 0.3) is 11.5 Å². The predicted molar refractivity (Wildman–Crippen MR) is 106 cm³/mol. The van der Waals surface area contributed by atoms with E-state index >= 15 is 0 Å². The number of aromatic nitrogens is 2. The van der Waals surface area contributed by atoms with Gasteiger partial charge in [-0.2, -0.15) is 0 Å². The Hall–Kier alpha value is -3.19. The fourth-order valence-corrected chi connectivity index (χ4v) is 2.70. The van der Waals surface area contributed by atoms with Crippen LogP contribution in [0.2, 0.25) is 0 Å². The molecule has 3 aromatic rings. The summed E-state index contributed by atoms with van der Waals surface area (Å²) >= 11 is 0. The van der Waals surface area contributed by atoms with E-state index in [1.54, 1.807) is 36.4 Å². The van der Waals surface area contributed by atoms with Gasteiger partial charge in [0.1, 0.15) is 0 Å². The molecule has 1 heterocycles. The number of para-hydroxylation sites is 1. The molecule has 2 N–H and O–H groups in total. The molecule has 1 unspecified atom stereocenters. The minimum Gasteiger partial charge on any atom is -0.350 e. The fraction of sp³-hybridized carbons (Fsp3) is 0.250. The Bertz CT molecular complexity index is 1080. The number of H-pyrrole nitrogens is 1. The van der Waals surface area contributed by atoms with Gasteiger partial charge >= 0.3 is 5.69 Å². The molecule has 1 amide bonds. The number of nitrogens with zero attached hydrogens (tertiary/aromatic N) is 2. The second-order valence-corrected chi connectivity index (χ2v) is 6.69. The van der Waals surface area contributed by atoms with Crippen LogP contribution in [-0.2, 0) is 0 Å². The van der Waals surface area contributed by atoms with E-state index in [1.807, 2.05) is 32.0 Å². The molecule has 7 nitrogen and oxygen atoms in total. The first-order chi connectivity index (χ1) is 12.9. The van der Waals surface area contributed by atoms with Crippen molar-refractivity contribution < 1.29 is 4.79 Å². The molecule has 0 aliphatic heterocycles. The average molecular weight is 366 g/mol. The maximum Gasteiger partial charge on any atom is 0.333 e. The van der Waals surface area contributed by atoms with Crippen LogP contribution in [0, 0.1) is 0 Å². The number of carbonyl (C=O) groups excluding carboxylic acids is 1. The van der Waals surface area contributed by atoms with E-state index in [4.69, 9.17) is 0 Å². The van der Waals surface area contributed by atoms with E-state index in [1.165, 1.54) is 6.07 Å². The molecular formula is C20H22N4O3. The largest absolute Gasteiger partial charge is 0.350 e. The minimum atomic E-state index is -0.544. The number of benzene rings is 2. The van der Waals surface area contributed by atoms with Gasteiger partial charge in [-0.05, 0) is 51.4 Å². The highest BCUT2D eigenvalue weighted by molar-refractivity contribution is 5.97. The summed E-state index contributed by atoms with van der Waals surface area (Å²) in [7, 11) is 3.88. The van der Waals surface area contributed by atoms with Gasteiger partial charge in [-0.25, -0.2) is 9.36 Å². The molecule has 0 spiro atoms. The minimum absolute atomic E-state index is 0.187. The van der Waals surface area contributed by atoms with Crippen LogP contribution >= 0.6 is 0 Å². The normalized spacial score (nSPS) is 12.3. The standard InChI is InChI=1S/C20H22N4O3/c1-13(23(2)3)12-21-18(25)14-9-10-16-17(11-14)22-20(27)24(19(16)26)15-7-5-4-6-8-15/h4-11,13H,12H2,1-3H3,(H,21,25)(H,22,27). The second-order valence-electron chi connectivity index (χ2n) is 6.69. The van der Waals surface area contributed by atoms with Crippen LogP contribution in [-0.4, -0.2) is 47.0 Å². The van der Waals surface area contributed by atoms with Crippen molar-refractivity contribution >= 4 is 16.8 Å². The van der Waals surface area contributed by atoms with Crippen molar-refractivity contribution in [2.45, 2.75) is 13.0 Å². The number of hydrogen-bond acceptors (Lipinski definition) is 4. The van der Waals surface area contributed by atoms with Gasteiger partial charge in [0.15, 0.2) is 0 Å². The van der Waals surface area contributed by atoms with Gasteiger partial charge in [-0.3, -0.25) is 9.59 Å². The fourth-order valence-electron chi connectivity index (χ4n) is 2.70. The van der Waals surface area contributed by atoms with Gasteiger partial charge in [-0.15, -0.1) is 0 Å². The summed E-state index contributed by atoms with van der Waals surface area (Å²) in [5, 5.41) is 3.20. The maximum absolute atomic E-state index is 12.8.